The predicted octanol–water partition coefficient (Wildman–Crippen LogP) is 3.70. The van der Waals surface area contributed by atoms with E-state index >= 15 is 0 Å². The Morgan fingerprint density at radius 3 is 2.50 bits per heavy atom. The largest absolute Gasteiger partial charge is 0.482 e. The van der Waals surface area contributed by atoms with E-state index in [2.05, 4.69) is 0 Å². The van der Waals surface area contributed by atoms with Gasteiger partial charge >= 0.3 is 5.97 Å². The van der Waals surface area contributed by atoms with E-state index in [4.69, 9.17) is 21.4 Å². The summed E-state index contributed by atoms with van der Waals surface area (Å²) in [6.07, 6.45) is 3.14. The molecule has 0 radical (unpaired) electrons. The van der Waals surface area contributed by atoms with Crippen LogP contribution in [-0.2, 0) is 4.79 Å². The molecule has 0 aliphatic heterocycles. The maximum absolute atomic E-state index is 12.0. The number of hydrogen-bond donors (Lipinski definition) is 1. The van der Waals surface area contributed by atoms with Crippen LogP contribution in [0.4, 0.5) is 0 Å². The van der Waals surface area contributed by atoms with Gasteiger partial charge < -0.3 is 9.84 Å². The zero-order chi connectivity index (χ0) is 15.9. The van der Waals surface area contributed by atoms with Crippen LogP contribution in [0.5, 0.6) is 5.75 Å². The molecule has 0 spiro atoms. The van der Waals surface area contributed by atoms with Gasteiger partial charge in [0.1, 0.15) is 5.75 Å². The minimum absolute atomic E-state index is 0.162. The van der Waals surface area contributed by atoms with Crippen molar-refractivity contribution >= 4 is 29.4 Å². The van der Waals surface area contributed by atoms with Crippen molar-refractivity contribution in [3.63, 3.8) is 0 Å². The smallest absolute Gasteiger partial charge is 0.341 e. The van der Waals surface area contributed by atoms with E-state index in [1.165, 1.54) is 6.08 Å². The predicted molar refractivity (Wildman–Crippen MR) is 84.4 cm³/mol. The molecular formula is C17H13ClO4. The molecule has 2 aromatic carbocycles. The molecule has 4 nitrogen and oxygen atoms in total. The maximum atomic E-state index is 12.0. The highest BCUT2D eigenvalue weighted by Gasteiger charge is 2.03. The highest BCUT2D eigenvalue weighted by atomic mass is 35.5. The standard InChI is InChI=1S/C17H13ClO4/c18-14-3-1-2-12(10-14)4-9-16(19)13-5-7-15(8-6-13)22-11-17(20)21/h1-10H,11H2,(H,20,21). The average molecular weight is 317 g/mol. The summed E-state index contributed by atoms with van der Waals surface area (Å²) < 4.78 is 5.00. The second-order valence-electron chi connectivity index (χ2n) is 4.46. The third kappa shape index (κ3) is 4.75. The molecule has 0 amide bonds. The highest BCUT2D eigenvalue weighted by molar-refractivity contribution is 6.30. The SMILES string of the molecule is O=C(O)COc1ccc(C(=O)C=Cc2cccc(Cl)c2)cc1. The lowest BCUT2D eigenvalue weighted by molar-refractivity contribution is -0.139. The third-order valence-electron chi connectivity index (χ3n) is 2.78. The first-order chi connectivity index (χ1) is 10.5. The molecule has 5 heteroatoms. The van der Waals surface area contributed by atoms with Gasteiger partial charge in [0.2, 0.25) is 0 Å². The Labute approximate surface area is 132 Å². The van der Waals surface area contributed by atoms with E-state index in [1.807, 2.05) is 6.07 Å². The number of halogens is 1. The lowest BCUT2D eigenvalue weighted by atomic mass is 10.1. The molecule has 0 aliphatic carbocycles. The molecule has 112 valence electrons. The summed E-state index contributed by atoms with van der Waals surface area (Å²) in [5, 5.41) is 9.12. The van der Waals surface area contributed by atoms with Crippen LogP contribution in [0.1, 0.15) is 15.9 Å². The molecule has 0 fully saturated rings. The molecule has 0 saturated heterocycles. The number of allylic oxidation sites excluding steroid dienone is 1. The molecule has 1 N–H and O–H groups in total. The molecule has 0 atom stereocenters. The average Bonchev–Trinajstić information content (AvgIpc) is 2.51. The van der Waals surface area contributed by atoms with Gasteiger partial charge in [0.25, 0.3) is 0 Å². The Morgan fingerprint density at radius 1 is 1.14 bits per heavy atom. The van der Waals surface area contributed by atoms with Gasteiger partial charge in [-0.3, -0.25) is 4.79 Å². The third-order valence-corrected chi connectivity index (χ3v) is 3.01. The normalized spacial score (nSPS) is 10.6. The number of hydrogen-bond acceptors (Lipinski definition) is 3. The van der Waals surface area contributed by atoms with Crippen molar-refractivity contribution < 1.29 is 19.4 Å². The van der Waals surface area contributed by atoms with Crippen molar-refractivity contribution in [3.8, 4) is 5.75 Å². The number of ketones is 1. The zero-order valence-electron chi connectivity index (χ0n) is 11.5. The Balaban J connectivity index is 2.02. The molecule has 0 aliphatic rings. The Morgan fingerprint density at radius 2 is 1.86 bits per heavy atom. The maximum Gasteiger partial charge on any atom is 0.341 e. The summed E-state index contributed by atoms with van der Waals surface area (Å²) in [7, 11) is 0. The van der Waals surface area contributed by atoms with Crippen LogP contribution in [-0.4, -0.2) is 23.5 Å². The van der Waals surface area contributed by atoms with Gasteiger partial charge in [-0.2, -0.15) is 0 Å². The number of rotatable bonds is 6. The van der Waals surface area contributed by atoms with Gasteiger partial charge in [-0.15, -0.1) is 0 Å². The molecule has 0 heterocycles. The van der Waals surface area contributed by atoms with Gasteiger partial charge in [0, 0.05) is 10.6 Å². The summed E-state index contributed by atoms with van der Waals surface area (Å²) in [5.41, 5.74) is 1.32. The molecule has 0 aromatic heterocycles. The summed E-state index contributed by atoms with van der Waals surface area (Å²) >= 11 is 5.87. The topological polar surface area (TPSA) is 63.6 Å². The highest BCUT2D eigenvalue weighted by Crippen LogP contribution is 2.15. The molecule has 22 heavy (non-hydrogen) atoms. The van der Waals surface area contributed by atoms with E-state index in [1.54, 1.807) is 48.5 Å². The summed E-state index contributed by atoms with van der Waals surface area (Å²) in [6, 6.07) is 13.5. The van der Waals surface area contributed by atoms with E-state index in [-0.39, 0.29) is 5.78 Å². The quantitative estimate of drug-likeness (QED) is 0.652. The van der Waals surface area contributed by atoms with E-state index in [0.717, 1.165) is 5.56 Å². The molecule has 2 rings (SSSR count). The second kappa shape index (κ2) is 7.43. The van der Waals surface area contributed by atoms with Crippen LogP contribution in [0.3, 0.4) is 0 Å². The minimum atomic E-state index is -1.05. The van der Waals surface area contributed by atoms with Crippen molar-refractivity contribution in [3.05, 3.63) is 70.8 Å². The minimum Gasteiger partial charge on any atom is -0.482 e. The Kier molecular flexibility index (Phi) is 5.33. The van der Waals surface area contributed by atoms with E-state index in [0.29, 0.717) is 16.3 Å². The van der Waals surface area contributed by atoms with Crippen molar-refractivity contribution in [2.24, 2.45) is 0 Å². The Bertz CT molecular complexity index is 705. The number of carbonyl (C=O) groups is 2. The van der Waals surface area contributed by atoms with Crippen LogP contribution in [0, 0.1) is 0 Å². The van der Waals surface area contributed by atoms with Crippen molar-refractivity contribution in [2.45, 2.75) is 0 Å². The fourth-order valence-electron chi connectivity index (χ4n) is 1.74. The van der Waals surface area contributed by atoms with Gasteiger partial charge in [-0.25, -0.2) is 4.79 Å². The lowest BCUT2D eigenvalue weighted by Gasteiger charge is -2.03. The van der Waals surface area contributed by atoms with Gasteiger partial charge in [-0.1, -0.05) is 29.8 Å². The van der Waals surface area contributed by atoms with Gasteiger partial charge in [-0.05, 0) is 48.0 Å². The van der Waals surface area contributed by atoms with E-state index in [9.17, 15) is 9.59 Å². The summed E-state index contributed by atoms with van der Waals surface area (Å²) in [6.45, 7) is -0.415. The number of ether oxygens (including phenoxy) is 1. The first-order valence-electron chi connectivity index (χ1n) is 6.47. The number of benzene rings is 2. The second-order valence-corrected chi connectivity index (χ2v) is 4.90. The molecule has 2 aromatic rings. The van der Waals surface area contributed by atoms with Crippen molar-refractivity contribution in [2.75, 3.05) is 6.61 Å². The fraction of sp³-hybridized carbons (Fsp3) is 0.0588. The first-order valence-corrected chi connectivity index (χ1v) is 6.85. The Hall–Kier alpha value is -2.59. The summed E-state index contributed by atoms with van der Waals surface area (Å²) in [5.74, 6) is -0.813. The monoisotopic (exact) mass is 316 g/mol. The lowest BCUT2D eigenvalue weighted by Crippen LogP contribution is -2.09. The van der Waals surface area contributed by atoms with Gasteiger partial charge in [0.15, 0.2) is 12.4 Å². The first kappa shape index (κ1) is 15.8. The fourth-order valence-corrected chi connectivity index (χ4v) is 1.94. The van der Waals surface area contributed by atoms with Crippen LogP contribution >= 0.6 is 11.6 Å². The number of carboxylic acids is 1. The van der Waals surface area contributed by atoms with Crippen LogP contribution in [0.15, 0.2) is 54.6 Å². The van der Waals surface area contributed by atoms with Crippen molar-refractivity contribution in [1.82, 2.24) is 0 Å². The van der Waals surface area contributed by atoms with Gasteiger partial charge in [0.05, 0.1) is 0 Å². The van der Waals surface area contributed by atoms with Crippen molar-refractivity contribution in [1.29, 1.82) is 0 Å². The zero-order valence-corrected chi connectivity index (χ0v) is 12.3. The number of aliphatic carboxylic acids is 1. The molecular weight excluding hydrogens is 304 g/mol. The molecule has 0 unspecified atom stereocenters. The number of carboxylic acid groups (broad SMARTS) is 1. The van der Waals surface area contributed by atoms with E-state index < -0.39 is 12.6 Å². The molecule has 0 bridgehead atoms. The molecule has 0 saturated carbocycles. The van der Waals surface area contributed by atoms with Crippen LogP contribution in [0.25, 0.3) is 6.08 Å². The number of carbonyl (C=O) groups excluding carboxylic acids is 1. The van der Waals surface area contributed by atoms with Crippen LogP contribution in [0.2, 0.25) is 5.02 Å². The summed E-state index contributed by atoms with van der Waals surface area (Å²) in [4.78, 5) is 22.4. The van der Waals surface area contributed by atoms with Crippen LogP contribution < -0.4 is 4.74 Å².